The van der Waals surface area contributed by atoms with Crippen LogP contribution in [0.25, 0.3) is 22.6 Å². The Balaban J connectivity index is 1.97. The van der Waals surface area contributed by atoms with Crippen molar-refractivity contribution in [3.05, 3.63) is 42.4 Å². The van der Waals surface area contributed by atoms with E-state index in [-0.39, 0.29) is 0 Å². The van der Waals surface area contributed by atoms with Crippen LogP contribution in [-0.4, -0.2) is 19.5 Å². The summed E-state index contributed by atoms with van der Waals surface area (Å²) in [5, 5.41) is 0. The van der Waals surface area contributed by atoms with Gasteiger partial charge in [0.1, 0.15) is 5.69 Å². The molecule has 5 heteroatoms. The van der Waals surface area contributed by atoms with Crippen molar-refractivity contribution in [2.45, 2.75) is 25.4 Å². The number of rotatable bonds is 3. The van der Waals surface area contributed by atoms with Gasteiger partial charge in [-0.3, -0.25) is 4.98 Å². The van der Waals surface area contributed by atoms with Gasteiger partial charge >= 0.3 is 0 Å². The molecule has 1 saturated carbocycles. The number of nitrogens with zero attached hydrogens (tertiary/aromatic N) is 4. The first-order valence-corrected chi connectivity index (χ1v) is 6.84. The first-order valence-electron chi connectivity index (χ1n) is 6.84. The van der Waals surface area contributed by atoms with Crippen LogP contribution in [0.2, 0.25) is 0 Å². The van der Waals surface area contributed by atoms with Gasteiger partial charge in [0.2, 0.25) is 0 Å². The quantitative estimate of drug-likeness (QED) is 0.788. The van der Waals surface area contributed by atoms with E-state index in [0.29, 0.717) is 12.6 Å². The van der Waals surface area contributed by atoms with E-state index in [4.69, 9.17) is 10.7 Å². The molecule has 2 N–H and O–H groups in total. The minimum atomic E-state index is 0.534. The number of benzene rings is 1. The lowest BCUT2D eigenvalue weighted by molar-refractivity contribution is 0.771. The van der Waals surface area contributed by atoms with Crippen molar-refractivity contribution in [1.82, 2.24) is 19.5 Å². The van der Waals surface area contributed by atoms with E-state index < -0.39 is 0 Å². The molecule has 5 nitrogen and oxygen atoms in total. The minimum absolute atomic E-state index is 0.534. The highest BCUT2D eigenvalue weighted by atomic mass is 15.1. The minimum Gasteiger partial charge on any atom is -0.326 e. The molecule has 0 atom stereocenters. The lowest BCUT2D eigenvalue weighted by Crippen LogP contribution is -1.99. The van der Waals surface area contributed by atoms with Gasteiger partial charge in [-0.2, -0.15) is 0 Å². The molecule has 0 saturated heterocycles. The summed E-state index contributed by atoms with van der Waals surface area (Å²) in [5.41, 5.74) is 9.78. The molecule has 0 amide bonds. The average molecular weight is 265 g/mol. The first-order chi connectivity index (χ1) is 9.86. The Kier molecular flexibility index (Phi) is 2.53. The Labute approximate surface area is 116 Å². The molecule has 0 aliphatic heterocycles. The van der Waals surface area contributed by atoms with Gasteiger partial charge in [-0.15, -0.1) is 0 Å². The van der Waals surface area contributed by atoms with E-state index >= 15 is 0 Å². The van der Waals surface area contributed by atoms with Gasteiger partial charge in [-0.1, -0.05) is 6.07 Å². The maximum absolute atomic E-state index is 5.71. The van der Waals surface area contributed by atoms with E-state index in [1.54, 1.807) is 18.6 Å². The zero-order chi connectivity index (χ0) is 13.5. The van der Waals surface area contributed by atoms with E-state index in [1.807, 2.05) is 0 Å². The van der Waals surface area contributed by atoms with Crippen LogP contribution in [0.4, 0.5) is 0 Å². The predicted molar refractivity (Wildman–Crippen MR) is 76.9 cm³/mol. The molecule has 0 bridgehead atoms. The molecular weight excluding hydrogens is 250 g/mol. The third-order valence-corrected chi connectivity index (χ3v) is 3.69. The molecule has 2 heterocycles. The predicted octanol–water partition coefficient (Wildman–Crippen LogP) is 2.29. The van der Waals surface area contributed by atoms with E-state index in [1.165, 1.54) is 12.8 Å². The summed E-state index contributed by atoms with van der Waals surface area (Å²) in [6.07, 6.45) is 7.57. The van der Waals surface area contributed by atoms with E-state index in [0.717, 1.165) is 28.1 Å². The molecule has 2 aromatic heterocycles. The van der Waals surface area contributed by atoms with Crippen LogP contribution in [0.3, 0.4) is 0 Å². The van der Waals surface area contributed by atoms with Gasteiger partial charge in [0.15, 0.2) is 5.82 Å². The smallest absolute Gasteiger partial charge is 0.161 e. The van der Waals surface area contributed by atoms with Crippen molar-refractivity contribution in [1.29, 1.82) is 0 Å². The van der Waals surface area contributed by atoms with Crippen LogP contribution in [0.1, 0.15) is 24.4 Å². The number of aromatic nitrogens is 4. The first kappa shape index (κ1) is 11.5. The van der Waals surface area contributed by atoms with Crippen LogP contribution in [0, 0.1) is 0 Å². The van der Waals surface area contributed by atoms with Gasteiger partial charge in [-0.25, -0.2) is 9.97 Å². The second kappa shape index (κ2) is 4.38. The molecule has 20 heavy (non-hydrogen) atoms. The lowest BCUT2D eigenvalue weighted by Gasteiger charge is -2.06. The number of fused-ring (bicyclic) bond motifs is 1. The van der Waals surface area contributed by atoms with Gasteiger partial charge < -0.3 is 10.3 Å². The van der Waals surface area contributed by atoms with Crippen molar-refractivity contribution >= 4 is 11.0 Å². The van der Waals surface area contributed by atoms with Crippen LogP contribution >= 0.6 is 0 Å². The van der Waals surface area contributed by atoms with Crippen molar-refractivity contribution in [3.63, 3.8) is 0 Å². The van der Waals surface area contributed by atoms with Crippen LogP contribution in [0.15, 0.2) is 36.8 Å². The Morgan fingerprint density at radius 2 is 2.15 bits per heavy atom. The monoisotopic (exact) mass is 265 g/mol. The summed E-state index contributed by atoms with van der Waals surface area (Å²) in [7, 11) is 0. The van der Waals surface area contributed by atoms with E-state index in [2.05, 4.69) is 32.7 Å². The lowest BCUT2D eigenvalue weighted by atomic mass is 10.2. The highest BCUT2D eigenvalue weighted by Gasteiger charge is 2.29. The van der Waals surface area contributed by atoms with Crippen molar-refractivity contribution in [2.75, 3.05) is 0 Å². The highest BCUT2D eigenvalue weighted by Crippen LogP contribution is 2.40. The van der Waals surface area contributed by atoms with Gasteiger partial charge in [0.25, 0.3) is 0 Å². The summed E-state index contributed by atoms with van der Waals surface area (Å²) >= 11 is 0. The van der Waals surface area contributed by atoms with Gasteiger partial charge in [0, 0.05) is 25.0 Å². The van der Waals surface area contributed by atoms with Crippen molar-refractivity contribution in [2.24, 2.45) is 5.73 Å². The highest BCUT2D eigenvalue weighted by molar-refractivity contribution is 5.81. The number of hydrogen-bond donors (Lipinski definition) is 1. The summed E-state index contributed by atoms with van der Waals surface area (Å²) in [6, 6.07) is 6.79. The Morgan fingerprint density at radius 1 is 1.25 bits per heavy atom. The molecule has 0 unspecified atom stereocenters. The molecule has 0 radical (unpaired) electrons. The number of nitrogens with two attached hydrogens (primary N) is 1. The molecule has 100 valence electrons. The normalized spacial score (nSPS) is 14.8. The maximum Gasteiger partial charge on any atom is 0.161 e. The zero-order valence-corrected chi connectivity index (χ0v) is 11.0. The fraction of sp³-hybridized carbons (Fsp3) is 0.267. The zero-order valence-electron chi connectivity index (χ0n) is 11.0. The maximum atomic E-state index is 5.71. The molecule has 1 aromatic carbocycles. The third kappa shape index (κ3) is 1.78. The Hall–Kier alpha value is -2.27. The van der Waals surface area contributed by atoms with Gasteiger partial charge in [0.05, 0.1) is 17.2 Å². The average Bonchev–Trinajstić information content (AvgIpc) is 3.27. The molecule has 1 aliphatic rings. The molecular formula is C15H15N5. The second-order valence-electron chi connectivity index (χ2n) is 5.15. The Morgan fingerprint density at radius 3 is 2.85 bits per heavy atom. The number of imidazole rings is 1. The fourth-order valence-corrected chi connectivity index (χ4v) is 2.57. The van der Waals surface area contributed by atoms with E-state index in [9.17, 15) is 0 Å². The van der Waals surface area contributed by atoms with Crippen molar-refractivity contribution < 1.29 is 0 Å². The summed E-state index contributed by atoms with van der Waals surface area (Å²) in [5.74, 6) is 0.907. The summed E-state index contributed by atoms with van der Waals surface area (Å²) in [4.78, 5) is 13.3. The van der Waals surface area contributed by atoms with Crippen molar-refractivity contribution in [3.8, 4) is 11.5 Å². The largest absolute Gasteiger partial charge is 0.326 e. The van der Waals surface area contributed by atoms with Crippen LogP contribution in [-0.2, 0) is 6.54 Å². The molecule has 1 fully saturated rings. The topological polar surface area (TPSA) is 69.6 Å². The van der Waals surface area contributed by atoms with Crippen LogP contribution in [0.5, 0.6) is 0 Å². The third-order valence-electron chi connectivity index (χ3n) is 3.69. The molecule has 4 rings (SSSR count). The Bertz CT molecular complexity index is 759. The van der Waals surface area contributed by atoms with Gasteiger partial charge in [-0.05, 0) is 30.5 Å². The summed E-state index contributed by atoms with van der Waals surface area (Å²) in [6.45, 7) is 0.534. The SMILES string of the molecule is NCc1ccc2c(c1)nc(-c1cnccn1)n2C1CC1. The molecule has 3 aromatic rings. The molecule has 0 spiro atoms. The summed E-state index contributed by atoms with van der Waals surface area (Å²) < 4.78 is 2.29. The van der Waals surface area contributed by atoms with Crippen LogP contribution < -0.4 is 5.73 Å². The number of hydrogen-bond acceptors (Lipinski definition) is 4. The molecule has 1 aliphatic carbocycles. The second-order valence-corrected chi connectivity index (χ2v) is 5.15. The fourth-order valence-electron chi connectivity index (χ4n) is 2.57. The standard InChI is InChI=1S/C15H15N5/c16-8-10-1-4-14-12(7-10)19-15(20(14)11-2-3-11)13-9-17-5-6-18-13/h1,4-7,9,11H,2-3,8,16H2.